The first-order chi connectivity index (χ1) is 7.08. The van der Waals surface area contributed by atoms with E-state index in [1.807, 2.05) is 13.8 Å². The number of nitrogens with zero attached hydrogens (tertiary/aromatic N) is 2. The van der Waals surface area contributed by atoms with Crippen molar-refractivity contribution in [1.29, 1.82) is 0 Å². The minimum Gasteiger partial charge on any atom is -0.466 e. The van der Waals surface area contributed by atoms with Crippen molar-refractivity contribution in [2.75, 3.05) is 6.54 Å². The maximum absolute atomic E-state index is 5.44. The van der Waals surface area contributed by atoms with Crippen LogP contribution in [-0.2, 0) is 6.54 Å². The third kappa shape index (κ3) is 5.09. The highest BCUT2D eigenvalue weighted by molar-refractivity contribution is 7.13. The molecule has 1 aromatic rings. The van der Waals surface area contributed by atoms with Gasteiger partial charge in [-0.05, 0) is 26.3 Å². The van der Waals surface area contributed by atoms with Gasteiger partial charge in [-0.3, -0.25) is 0 Å². The summed E-state index contributed by atoms with van der Waals surface area (Å²) in [7, 11) is 0. The molecule has 0 unspecified atom stereocenters. The van der Waals surface area contributed by atoms with E-state index in [0.717, 1.165) is 18.1 Å². The first kappa shape index (κ1) is 12.4. The molecule has 4 nitrogen and oxygen atoms in total. The van der Waals surface area contributed by atoms with Gasteiger partial charge in [-0.15, -0.1) is 5.10 Å². The molecule has 0 spiro atoms. The zero-order chi connectivity index (χ0) is 11.3. The van der Waals surface area contributed by atoms with Gasteiger partial charge in [0.05, 0.1) is 6.10 Å². The summed E-state index contributed by atoms with van der Waals surface area (Å²) in [6, 6.07) is 0. The van der Waals surface area contributed by atoms with Gasteiger partial charge in [0.25, 0.3) is 5.19 Å². The van der Waals surface area contributed by atoms with Crippen LogP contribution in [0.4, 0.5) is 0 Å². The van der Waals surface area contributed by atoms with E-state index in [-0.39, 0.29) is 6.10 Å². The fourth-order valence-corrected chi connectivity index (χ4v) is 1.81. The Morgan fingerprint density at radius 2 is 2.00 bits per heavy atom. The van der Waals surface area contributed by atoms with Crippen molar-refractivity contribution >= 4 is 11.3 Å². The molecule has 0 aliphatic carbocycles. The molecular weight excluding hydrogens is 210 g/mol. The van der Waals surface area contributed by atoms with Gasteiger partial charge < -0.3 is 10.1 Å². The van der Waals surface area contributed by atoms with Crippen molar-refractivity contribution in [3.05, 3.63) is 5.01 Å². The van der Waals surface area contributed by atoms with Gasteiger partial charge in [0.15, 0.2) is 0 Å². The fourth-order valence-electron chi connectivity index (χ4n) is 1.03. The van der Waals surface area contributed by atoms with E-state index in [4.69, 9.17) is 4.74 Å². The maximum Gasteiger partial charge on any atom is 0.294 e. The van der Waals surface area contributed by atoms with Crippen molar-refractivity contribution in [2.45, 2.75) is 40.3 Å². The topological polar surface area (TPSA) is 47.0 Å². The summed E-state index contributed by atoms with van der Waals surface area (Å²) in [5, 5.41) is 13.0. The Balaban J connectivity index is 2.33. The van der Waals surface area contributed by atoms with Crippen LogP contribution in [0.25, 0.3) is 0 Å². The van der Waals surface area contributed by atoms with Crippen LogP contribution in [0.5, 0.6) is 5.19 Å². The van der Waals surface area contributed by atoms with Crippen molar-refractivity contribution in [2.24, 2.45) is 5.92 Å². The number of hydrogen-bond donors (Lipinski definition) is 1. The van der Waals surface area contributed by atoms with Crippen LogP contribution in [0.3, 0.4) is 0 Å². The first-order valence-electron chi connectivity index (χ1n) is 5.27. The quantitative estimate of drug-likeness (QED) is 0.811. The lowest BCUT2D eigenvalue weighted by molar-refractivity contribution is 0.239. The largest absolute Gasteiger partial charge is 0.466 e. The van der Waals surface area contributed by atoms with Crippen molar-refractivity contribution in [3.63, 3.8) is 0 Å². The van der Waals surface area contributed by atoms with Crippen LogP contribution >= 0.6 is 11.3 Å². The van der Waals surface area contributed by atoms with Crippen LogP contribution in [-0.4, -0.2) is 22.8 Å². The minimum absolute atomic E-state index is 0.162. The van der Waals surface area contributed by atoms with E-state index in [0.29, 0.717) is 11.1 Å². The second-order valence-corrected chi connectivity index (χ2v) is 5.18. The van der Waals surface area contributed by atoms with Crippen LogP contribution in [0.2, 0.25) is 0 Å². The molecule has 0 aromatic carbocycles. The van der Waals surface area contributed by atoms with E-state index >= 15 is 0 Å². The Bertz CT molecular complexity index is 286. The molecule has 0 saturated carbocycles. The zero-order valence-corrected chi connectivity index (χ0v) is 10.6. The molecule has 0 aliphatic heterocycles. The summed E-state index contributed by atoms with van der Waals surface area (Å²) >= 11 is 1.51. The lowest BCUT2D eigenvalue weighted by atomic mass is 10.2. The molecule has 0 bridgehead atoms. The second-order valence-electron chi connectivity index (χ2n) is 4.15. The highest BCUT2D eigenvalue weighted by atomic mass is 32.1. The van der Waals surface area contributed by atoms with E-state index in [1.165, 1.54) is 11.3 Å². The lowest BCUT2D eigenvalue weighted by Crippen LogP contribution is -2.18. The highest BCUT2D eigenvalue weighted by Gasteiger charge is 2.06. The van der Waals surface area contributed by atoms with Crippen molar-refractivity contribution < 1.29 is 4.74 Å². The molecule has 1 rings (SSSR count). The number of nitrogens with one attached hydrogen (secondary N) is 1. The summed E-state index contributed by atoms with van der Waals surface area (Å²) in [6.07, 6.45) is 0.162. The van der Waals surface area contributed by atoms with Gasteiger partial charge in [-0.25, -0.2) is 0 Å². The summed E-state index contributed by atoms with van der Waals surface area (Å²) in [5.41, 5.74) is 0. The molecule has 1 aromatic heterocycles. The predicted octanol–water partition coefficient (Wildman–Crippen LogP) is 2.07. The molecule has 1 N–H and O–H groups in total. The maximum atomic E-state index is 5.44. The van der Waals surface area contributed by atoms with Gasteiger partial charge in [0, 0.05) is 6.54 Å². The van der Waals surface area contributed by atoms with Gasteiger partial charge in [-0.1, -0.05) is 30.3 Å². The third-order valence-corrected chi connectivity index (χ3v) is 2.43. The Hall–Kier alpha value is -0.680. The van der Waals surface area contributed by atoms with Crippen LogP contribution < -0.4 is 10.1 Å². The lowest BCUT2D eigenvalue weighted by Gasteiger charge is -2.04. The average molecular weight is 229 g/mol. The van der Waals surface area contributed by atoms with E-state index in [2.05, 4.69) is 29.4 Å². The minimum atomic E-state index is 0.162. The highest BCUT2D eigenvalue weighted by Crippen LogP contribution is 2.18. The first-order valence-corrected chi connectivity index (χ1v) is 6.09. The Labute approximate surface area is 95.1 Å². The Morgan fingerprint density at radius 1 is 1.27 bits per heavy atom. The summed E-state index contributed by atoms with van der Waals surface area (Å²) in [6.45, 7) is 10.1. The van der Waals surface area contributed by atoms with Gasteiger partial charge in [0.1, 0.15) is 5.01 Å². The third-order valence-electron chi connectivity index (χ3n) is 1.61. The number of rotatable bonds is 6. The SMILES string of the molecule is CC(C)CNCc1nnc(OC(C)C)s1. The average Bonchev–Trinajstić information content (AvgIpc) is 2.50. The monoisotopic (exact) mass is 229 g/mol. The van der Waals surface area contributed by atoms with Crippen molar-refractivity contribution in [1.82, 2.24) is 15.5 Å². The normalized spacial score (nSPS) is 11.3. The van der Waals surface area contributed by atoms with Gasteiger partial charge in [-0.2, -0.15) is 0 Å². The van der Waals surface area contributed by atoms with E-state index in [1.54, 1.807) is 0 Å². The molecular formula is C10H19N3OS. The molecule has 15 heavy (non-hydrogen) atoms. The van der Waals surface area contributed by atoms with Crippen LogP contribution in [0.1, 0.15) is 32.7 Å². The molecule has 0 saturated heterocycles. The Kier molecular flexibility index (Phi) is 4.98. The van der Waals surface area contributed by atoms with E-state index < -0.39 is 0 Å². The Morgan fingerprint density at radius 3 is 2.60 bits per heavy atom. The number of aromatic nitrogens is 2. The molecule has 0 atom stereocenters. The molecule has 0 amide bonds. The molecule has 0 fully saturated rings. The second kappa shape index (κ2) is 6.02. The molecule has 86 valence electrons. The summed E-state index contributed by atoms with van der Waals surface area (Å²) < 4.78 is 5.44. The van der Waals surface area contributed by atoms with Crippen LogP contribution in [0, 0.1) is 5.92 Å². The number of hydrogen-bond acceptors (Lipinski definition) is 5. The van der Waals surface area contributed by atoms with Crippen molar-refractivity contribution in [3.8, 4) is 5.19 Å². The summed E-state index contributed by atoms with van der Waals surface area (Å²) in [4.78, 5) is 0. The standard InChI is InChI=1S/C10H19N3OS/c1-7(2)5-11-6-9-12-13-10(15-9)14-8(3)4/h7-8,11H,5-6H2,1-4H3. The fraction of sp³-hybridized carbons (Fsp3) is 0.800. The van der Waals surface area contributed by atoms with E-state index in [9.17, 15) is 0 Å². The smallest absolute Gasteiger partial charge is 0.294 e. The molecule has 5 heteroatoms. The molecule has 1 heterocycles. The molecule has 0 radical (unpaired) electrons. The van der Waals surface area contributed by atoms with Gasteiger partial charge in [0.2, 0.25) is 0 Å². The number of ether oxygens (including phenoxy) is 1. The molecule has 0 aliphatic rings. The van der Waals surface area contributed by atoms with Crippen LogP contribution in [0.15, 0.2) is 0 Å². The zero-order valence-electron chi connectivity index (χ0n) is 9.78. The van der Waals surface area contributed by atoms with Gasteiger partial charge >= 0.3 is 0 Å². The summed E-state index contributed by atoms with van der Waals surface area (Å²) in [5.74, 6) is 0.657. The predicted molar refractivity (Wildman–Crippen MR) is 62.2 cm³/mol.